The minimum absolute atomic E-state index is 1.02. The summed E-state index contributed by atoms with van der Waals surface area (Å²) in [5, 5.41) is 6.45. The molecule has 0 saturated carbocycles. The van der Waals surface area contributed by atoms with Crippen LogP contribution >= 0.6 is 23.5 Å². The molecule has 130 valence electrons. The van der Waals surface area contributed by atoms with E-state index in [1.165, 1.54) is 61.2 Å². The normalized spacial score (nSPS) is 9.75. The third-order valence-corrected chi connectivity index (χ3v) is 5.07. The number of hydrogen-bond donors (Lipinski definition) is 0. The van der Waals surface area contributed by atoms with Crippen molar-refractivity contribution < 1.29 is 0 Å². The van der Waals surface area contributed by atoms with Crippen LogP contribution in [0.25, 0.3) is 0 Å². The Hall–Kier alpha value is -0.960. The molecule has 1 rings (SSSR count). The van der Waals surface area contributed by atoms with Gasteiger partial charge in [0.2, 0.25) is 0 Å². The quantitative estimate of drug-likeness (QED) is 0.238. The predicted molar refractivity (Wildman–Crippen MR) is 111 cm³/mol. The lowest BCUT2D eigenvalue weighted by atomic mass is 10.2. The molecule has 0 aromatic heterocycles. The summed E-state index contributed by atoms with van der Waals surface area (Å²) >= 11 is 3.26. The highest BCUT2D eigenvalue weighted by atomic mass is 32.2. The summed E-state index contributed by atoms with van der Waals surface area (Å²) in [6.07, 6.45) is 12.3. The highest BCUT2D eigenvalue weighted by Gasteiger charge is 1.95. The first-order valence-corrected chi connectivity index (χ1v) is 10.9. The standard InChI is InChI=1S/C22H30S2/c1-3-5-7-9-11-13-18-23-21-16-15-17-22(20-21)24-19-14-12-10-8-6-4-2/h15-17,20H,3-12H2,1-2H3. The topological polar surface area (TPSA) is 0 Å². The lowest BCUT2D eigenvalue weighted by Crippen LogP contribution is -1.75. The van der Waals surface area contributed by atoms with Crippen LogP contribution in [0.15, 0.2) is 34.1 Å². The van der Waals surface area contributed by atoms with Crippen LogP contribution in [-0.2, 0) is 0 Å². The average molecular weight is 359 g/mol. The monoisotopic (exact) mass is 358 g/mol. The third-order valence-electron chi connectivity index (χ3n) is 3.60. The maximum absolute atomic E-state index is 3.27. The fourth-order valence-electron chi connectivity index (χ4n) is 2.17. The number of rotatable bonds is 10. The van der Waals surface area contributed by atoms with Gasteiger partial charge < -0.3 is 0 Å². The molecule has 0 nitrogen and oxygen atoms in total. The van der Waals surface area contributed by atoms with Crippen LogP contribution in [0.1, 0.15) is 78.1 Å². The summed E-state index contributed by atoms with van der Waals surface area (Å²) in [5.74, 6) is 6.53. The van der Waals surface area contributed by atoms with Crippen molar-refractivity contribution >= 4 is 23.5 Å². The molecule has 0 heterocycles. The molecule has 0 aliphatic heterocycles. The molecule has 0 amide bonds. The van der Waals surface area contributed by atoms with Gasteiger partial charge in [0.25, 0.3) is 0 Å². The Labute approximate surface area is 158 Å². The molecule has 0 aliphatic carbocycles. The van der Waals surface area contributed by atoms with Gasteiger partial charge in [-0.2, -0.15) is 0 Å². The smallest absolute Gasteiger partial charge is 0.0214 e. The molecule has 0 fully saturated rings. The Bertz CT molecular complexity index is 507. The summed E-state index contributed by atoms with van der Waals surface area (Å²) < 4.78 is 0. The van der Waals surface area contributed by atoms with Crippen LogP contribution in [-0.4, -0.2) is 0 Å². The molecule has 24 heavy (non-hydrogen) atoms. The SMILES string of the molecule is CCCCCCC#CSc1cccc(SC#CCCCCCC)c1. The molecule has 2 heteroatoms. The summed E-state index contributed by atoms with van der Waals surface area (Å²) in [4.78, 5) is 2.43. The zero-order chi connectivity index (χ0) is 17.3. The second-order valence-corrected chi connectivity index (χ2v) is 7.62. The van der Waals surface area contributed by atoms with Crippen molar-refractivity contribution in [2.75, 3.05) is 0 Å². The molecule has 0 saturated heterocycles. The molecule has 1 aromatic rings. The summed E-state index contributed by atoms with van der Waals surface area (Å²) in [6, 6.07) is 8.53. The van der Waals surface area contributed by atoms with Gasteiger partial charge in [-0.05, 0) is 65.1 Å². The molecule has 0 atom stereocenters. The Balaban J connectivity index is 2.28. The Morgan fingerprint density at radius 1 is 0.708 bits per heavy atom. The third kappa shape index (κ3) is 11.6. The van der Waals surface area contributed by atoms with Crippen molar-refractivity contribution in [2.24, 2.45) is 0 Å². The first-order chi connectivity index (χ1) is 11.9. The molecule has 0 radical (unpaired) electrons. The largest absolute Gasteiger partial charge is 0.0909 e. The number of benzene rings is 1. The van der Waals surface area contributed by atoms with E-state index in [1.807, 2.05) is 0 Å². The average Bonchev–Trinajstić information content (AvgIpc) is 2.60. The minimum Gasteiger partial charge on any atom is -0.0909 e. The maximum Gasteiger partial charge on any atom is 0.0214 e. The molecule has 0 aliphatic rings. The van der Waals surface area contributed by atoms with Crippen molar-refractivity contribution in [3.63, 3.8) is 0 Å². The van der Waals surface area contributed by atoms with Crippen LogP contribution in [0, 0.1) is 22.3 Å². The van der Waals surface area contributed by atoms with Crippen LogP contribution in [0.5, 0.6) is 0 Å². The van der Waals surface area contributed by atoms with Crippen LogP contribution in [0.2, 0.25) is 0 Å². The number of hydrogen-bond acceptors (Lipinski definition) is 2. The van der Waals surface area contributed by atoms with E-state index in [9.17, 15) is 0 Å². The maximum atomic E-state index is 3.27. The van der Waals surface area contributed by atoms with E-state index in [2.05, 4.69) is 60.5 Å². The van der Waals surface area contributed by atoms with Crippen molar-refractivity contribution in [3.05, 3.63) is 24.3 Å². The predicted octanol–water partition coefficient (Wildman–Crippen LogP) is 7.73. The molecule has 0 unspecified atom stereocenters. The Morgan fingerprint density at radius 2 is 1.21 bits per heavy atom. The van der Waals surface area contributed by atoms with Gasteiger partial charge in [0.1, 0.15) is 0 Å². The van der Waals surface area contributed by atoms with Crippen LogP contribution in [0.4, 0.5) is 0 Å². The van der Waals surface area contributed by atoms with Gasteiger partial charge in [0.05, 0.1) is 0 Å². The minimum atomic E-state index is 1.02. The van der Waals surface area contributed by atoms with Gasteiger partial charge >= 0.3 is 0 Å². The lowest BCUT2D eigenvalue weighted by molar-refractivity contribution is 0.680. The van der Waals surface area contributed by atoms with E-state index in [-0.39, 0.29) is 0 Å². The van der Waals surface area contributed by atoms with Gasteiger partial charge in [-0.25, -0.2) is 0 Å². The molecular weight excluding hydrogens is 328 g/mol. The number of unbranched alkanes of at least 4 members (excludes halogenated alkanes) is 8. The van der Waals surface area contributed by atoms with Crippen LogP contribution < -0.4 is 0 Å². The van der Waals surface area contributed by atoms with Crippen molar-refractivity contribution in [2.45, 2.75) is 87.8 Å². The van der Waals surface area contributed by atoms with Crippen molar-refractivity contribution in [1.29, 1.82) is 0 Å². The van der Waals surface area contributed by atoms with E-state index < -0.39 is 0 Å². The summed E-state index contributed by atoms with van der Waals surface area (Å²) in [6.45, 7) is 4.48. The van der Waals surface area contributed by atoms with E-state index in [0.717, 1.165) is 12.8 Å². The highest BCUT2D eigenvalue weighted by molar-refractivity contribution is 8.04. The second-order valence-electron chi connectivity index (χ2n) is 5.86. The number of thioether (sulfide) groups is 2. The summed E-state index contributed by atoms with van der Waals surface area (Å²) in [7, 11) is 0. The van der Waals surface area contributed by atoms with E-state index in [4.69, 9.17) is 0 Å². The van der Waals surface area contributed by atoms with Crippen LogP contribution in [0.3, 0.4) is 0 Å². The highest BCUT2D eigenvalue weighted by Crippen LogP contribution is 2.24. The first-order valence-electron chi connectivity index (χ1n) is 9.26. The zero-order valence-electron chi connectivity index (χ0n) is 15.2. The van der Waals surface area contributed by atoms with Crippen molar-refractivity contribution in [1.82, 2.24) is 0 Å². The molecule has 0 spiro atoms. The van der Waals surface area contributed by atoms with Gasteiger partial charge in [-0.1, -0.05) is 70.3 Å². The summed E-state index contributed by atoms with van der Waals surface area (Å²) in [5.41, 5.74) is 0. The Kier molecular flexibility index (Phi) is 13.7. The lowest BCUT2D eigenvalue weighted by Gasteiger charge is -1.97. The van der Waals surface area contributed by atoms with Gasteiger partial charge in [0.15, 0.2) is 0 Å². The molecular formula is C22H30S2. The fourth-order valence-corrected chi connectivity index (χ4v) is 3.50. The second kappa shape index (κ2) is 15.6. The van der Waals surface area contributed by atoms with E-state index in [1.54, 1.807) is 23.5 Å². The van der Waals surface area contributed by atoms with E-state index >= 15 is 0 Å². The fraction of sp³-hybridized carbons (Fsp3) is 0.545. The Morgan fingerprint density at radius 3 is 1.67 bits per heavy atom. The van der Waals surface area contributed by atoms with Gasteiger partial charge in [-0.3, -0.25) is 0 Å². The van der Waals surface area contributed by atoms with Gasteiger partial charge in [0, 0.05) is 22.6 Å². The molecule has 1 aromatic carbocycles. The first kappa shape index (κ1) is 21.1. The van der Waals surface area contributed by atoms with Crippen molar-refractivity contribution in [3.8, 4) is 22.3 Å². The van der Waals surface area contributed by atoms with E-state index in [0.29, 0.717) is 0 Å². The zero-order valence-corrected chi connectivity index (χ0v) is 16.8. The molecule has 0 N–H and O–H groups in total. The molecule has 0 bridgehead atoms. The van der Waals surface area contributed by atoms with Gasteiger partial charge in [-0.15, -0.1) is 0 Å².